The summed E-state index contributed by atoms with van der Waals surface area (Å²) < 4.78 is 7.44. The molecule has 170 valence electrons. The fraction of sp³-hybridized carbons (Fsp3) is 0.391. The SMILES string of the molecule is O=c1c2c(Cl)cccc2nc([C@@H]2C=CCCN2C2N=CNc3nc[nH]c32)n1C1CCOCC1. The maximum atomic E-state index is 13.9. The van der Waals surface area contributed by atoms with Gasteiger partial charge in [0.15, 0.2) is 5.82 Å². The van der Waals surface area contributed by atoms with E-state index in [1.807, 2.05) is 16.7 Å². The van der Waals surface area contributed by atoms with Crippen molar-refractivity contribution in [3.05, 3.63) is 63.6 Å². The van der Waals surface area contributed by atoms with Crippen molar-refractivity contribution < 1.29 is 4.74 Å². The molecular weight excluding hydrogens is 442 g/mol. The van der Waals surface area contributed by atoms with E-state index in [1.54, 1.807) is 18.7 Å². The average Bonchev–Trinajstić information content (AvgIpc) is 3.34. The topological polar surface area (TPSA) is 100 Å². The first-order valence-corrected chi connectivity index (χ1v) is 11.6. The lowest BCUT2D eigenvalue weighted by molar-refractivity contribution is 0.0649. The third-order valence-corrected chi connectivity index (χ3v) is 6.93. The van der Waals surface area contributed by atoms with Crippen molar-refractivity contribution in [2.24, 2.45) is 4.99 Å². The van der Waals surface area contributed by atoms with E-state index in [1.165, 1.54) is 0 Å². The maximum Gasteiger partial charge on any atom is 0.263 e. The van der Waals surface area contributed by atoms with Crippen molar-refractivity contribution in [1.82, 2.24) is 24.4 Å². The van der Waals surface area contributed by atoms with Gasteiger partial charge in [-0.05, 0) is 31.4 Å². The van der Waals surface area contributed by atoms with Crippen LogP contribution in [0.15, 0.2) is 46.5 Å². The number of halogens is 1. The van der Waals surface area contributed by atoms with Gasteiger partial charge in [-0.3, -0.25) is 14.3 Å². The van der Waals surface area contributed by atoms with Crippen molar-refractivity contribution in [3.63, 3.8) is 0 Å². The molecule has 0 bridgehead atoms. The van der Waals surface area contributed by atoms with Crippen molar-refractivity contribution >= 4 is 34.7 Å². The predicted molar refractivity (Wildman–Crippen MR) is 127 cm³/mol. The largest absolute Gasteiger partial charge is 0.381 e. The number of rotatable bonds is 3. The number of H-pyrrole nitrogens is 1. The van der Waals surface area contributed by atoms with E-state index >= 15 is 0 Å². The minimum absolute atomic E-state index is 0.00541. The molecule has 3 aliphatic heterocycles. The second-order valence-corrected chi connectivity index (χ2v) is 8.89. The minimum Gasteiger partial charge on any atom is -0.381 e. The molecule has 3 aromatic rings. The predicted octanol–water partition coefficient (Wildman–Crippen LogP) is 3.58. The lowest BCUT2D eigenvalue weighted by Crippen LogP contribution is -2.41. The van der Waals surface area contributed by atoms with Gasteiger partial charge < -0.3 is 15.0 Å². The molecule has 0 amide bonds. The number of aliphatic imine (C=N–C) groups is 1. The Morgan fingerprint density at radius 2 is 2.09 bits per heavy atom. The lowest BCUT2D eigenvalue weighted by atomic mass is 10.0. The summed E-state index contributed by atoms with van der Waals surface area (Å²) in [7, 11) is 0. The molecule has 1 fully saturated rings. The number of nitrogens with one attached hydrogen (secondary N) is 2. The summed E-state index contributed by atoms with van der Waals surface area (Å²) in [5.41, 5.74) is 1.42. The Morgan fingerprint density at radius 3 is 2.97 bits per heavy atom. The van der Waals surface area contributed by atoms with Crippen molar-refractivity contribution in [3.8, 4) is 0 Å². The number of aromatic nitrogens is 4. The Hall–Kier alpha value is -3.01. The lowest BCUT2D eigenvalue weighted by Gasteiger charge is -2.38. The number of nitrogens with zero attached hydrogens (tertiary/aromatic N) is 5. The first-order valence-electron chi connectivity index (χ1n) is 11.2. The first-order chi connectivity index (χ1) is 16.2. The van der Waals surface area contributed by atoms with Gasteiger partial charge in [-0.15, -0.1) is 0 Å². The van der Waals surface area contributed by atoms with Crippen molar-refractivity contribution in [2.75, 3.05) is 25.1 Å². The van der Waals surface area contributed by atoms with Crippen LogP contribution in [-0.2, 0) is 4.74 Å². The molecule has 1 unspecified atom stereocenters. The van der Waals surface area contributed by atoms with Crippen LogP contribution in [-0.4, -0.2) is 50.5 Å². The van der Waals surface area contributed by atoms with Gasteiger partial charge in [0.1, 0.15) is 12.0 Å². The van der Waals surface area contributed by atoms with Crippen LogP contribution in [0.2, 0.25) is 5.02 Å². The Kier molecular flexibility index (Phi) is 5.24. The van der Waals surface area contributed by atoms with Crippen LogP contribution in [0.5, 0.6) is 0 Å². The fourth-order valence-corrected chi connectivity index (χ4v) is 5.29. The second kappa shape index (κ2) is 8.40. The first kappa shape index (κ1) is 20.6. The van der Waals surface area contributed by atoms with Crippen LogP contribution in [0.3, 0.4) is 0 Å². The van der Waals surface area contributed by atoms with Gasteiger partial charge in [0, 0.05) is 25.8 Å². The number of imidazole rings is 1. The molecule has 10 heteroatoms. The van der Waals surface area contributed by atoms with Crippen molar-refractivity contribution in [1.29, 1.82) is 0 Å². The number of hydrogen-bond donors (Lipinski definition) is 2. The molecule has 0 aliphatic carbocycles. The number of anilines is 1. The van der Waals surface area contributed by atoms with E-state index in [0.29, 0.717) is 35.0 Å². The number of ether oxygens (including phenoxy) is 1. The van der Waals surface area contributed by atoms with Gasteiger partial charge in [-0.25, -0.2) is 15.0 Å². The summed E-state index contributed by atoms with van der Waals surface area (Å²) in [4.78, 5) is 33.4. The molecule has 1 saturated heterocycles. The van der Waals surface area contributed by atoms with Gasteiger partial charge in [0.25, 0.3) is 5.56 Å². The van der Waals surface area contributed by atoms with Gasteiger partial charge in [-0.2, -0.15) is 0 Å². The second-order valence-electron chi connectivity index (χ2n) is 8.48. The normalized spacial score (nSPS) is 23.5. The summed E-state index contributed by atoms with van der Waals surface area (Å²) in [5, 5.41) is 3.99. The summed E-state index contributed by atoms with van der Waals surface area (Å²) in [6.07, 6.45) is 9.79. The van der Waals surface area contributed by atoms with E-state index in [2.05, 4.69) is 32.3 Å². The number of fused-ring (bicyclic) bond motifs is 2. The molecule has 9 nitrogen and oxygen atoms in total. The van der Waals surface area contributed by atoms with E-state index in [4.69, 9.17) is 26.3 Å². The average molecular weight is 466 g/mol. The van der Waals surface area contributed by atoms with Gasteiger partial charge in [0.05, 0.1) is 40.3 Å². The Balaban J connectivity index is 1.54. The zero-order valence-electron chi connectivity index (χ0n) is 17.9. The number of hydrogen-bond acceptors (Lipinski definition) is 7. The molecular formula is C23H24ClN7O2. The fourth-order valence-electron chi connectivity index (χ4n) is 5.04. The Morgan fingerprint density at radius 1 is 1.21 bits per heavy atom. The summed E-state index contributed by atoms with van der Waals surface area (Å²) in [6, 6.07) is 5.21. The summed E-state index contributed by atoms with van der Waals surface area (Å²) >= 11 is 6.47. The molecule has 2 aromatic heterocycles. The van der Waals surface area contributed by atoms with Crippen LogP contribution in [0, 0.1) is 0 Å². The molecule has 1 aromatic carbocycles. The number of benzene rings is 1. The van der Waals surface area contributed by atoms with E-state index in [0.717, 1.165) is 37.3 Å². The molecule has 0 radical (unpaired) electrons. The van der Waals surface area contributed by atoms with Crippen LogP contribution in [0.25, 0.3) is 10.9 Å². The number of aromatic amines is 1. The zero-order valence-corrected chi connectivity index (χ0v) is 18.7. The zero-order chi connectivity index (χ0) is 22.4. The molecule has 0 spiro atoms. The smallest absolute Gasteiger partial charge is 0.263 e. The van der Waals surface area contributed by atoms with Crippen LogP contribution in [0.1, 0.15) is 49.0 Å². The maximum absolute atomic E-state index is 13.9. The van der Waals surface area contributed by atoms with Gasteiger partial charge >= 0.3 is 0 Å². The quantitative estimate of drug-likeness (QED) is 0.573. The molecule has 2 atom stereocenters. The Bertz CT molecular complexity index is 1310. The van der Waals surface area contributed by atoms with E-state index in [9.17, 15) is 4.79 Å². The highest BCUT2D eigenvalue weighted by Crippen LogP contribution is 2.38. The molecule has 3 aliphatic rings. The highest BCUT2D eigenvalue weighted by atomic mass is 35.5. The Labute approximate surface area is 195 Å². The van der Waals surface area contributed by atoms with Crippen LogP contribution < -0.4 is 10.9 Å². The minimum atomic E-state index is -0.256. The van der Waals surface area contributed by atoms with Crippen LogP contribution in [0.4, 0.5) is 5.82 Å². The van der Waals surface area contributed by atoms with E-state index in [-0.39, 0.29) is 23.8 Å². The molecule has 5 heterocycles. The molecule has 33 heavy (non-hydrogen) atoms. The van der Waals surface area contributed by atoms with Gasteiger partial charge in [-0.1, -0.05) is 29.8 Å². The van der Waals surface area contributed by atoms with Crippen LogP contribution >= 0.6 is 11.6 Å². The standard InChI is InChI=1S/C23H24ClN7O2/c24-15-4-3-5-16-18(15)23(32)31(14-7-10-33-11-8-14)21(29-16)17-6-1-2-9-30(17)22-19-20(26-12-25-19)27-13-28-22/h1,3-6,12-14,17,22H,2,7-11H2,(H,25,26)(H,27,28)/t17-,22?/m0/s1. The molecule has 2 N–H and O–H groups in total. The van der Waals surface area contributed by atoms with Gasteiger partial charge in [0.2, 0.25) is 0 Å². The highest BCUT2D eigenvalue weighted by Gasteiger charge is 2.36. The van der Waals surface area contributed by atoms with Crippen molar-refractivity contribution in [2.45, 2.75) is 37.5 Å². The highest BCUT2D eigenvalue weighted by molar-refractivity contribution is 6.35. The molecule has 6 rings (SSSR count). The summed E-state index contributed by atoms with van der Waals surface area (Å²) in [6.45, 7) is 2.02. The monoisotopic (exact) mass is 465 g/mol. The molecule has 0 saturated carbocycles. The third kappa shape index (κ3) is 3.47. The third-order valence-electron chi connectivity index (χ3n) is 6.61. The van der Waals surface area contributed by atoms with E-state index < -0.39 is 0 Å². The summed E-state index contributed by atoms with van der Waals surface area (Å²) in [5.74, 6) is 1.48.